The Kier molecular flexibility index (Phi) is 3.41. The molecule has 1 aromatic carbocycles. The lowest BCUT2D eigenvalue weighted by molar-refractivity contribution is 0.105. The zero-order valence-corrected chi connectivity index (χ0v) is 7.82. The van der Waals surface area contributed by atoms with Crippen LogP contribution >= 0.6 is 0 Å². The maximum Gasteiger partial charge on any atom is 0.246 e. The molecule has 3 N–H and O–H groups in total. The Morgan fingerprint density at radius 2 is 1.71 bits per heavy atom. The van der Waals surface area contributed by atoms with E-state index in [-0.39, 0.29) is 5.75 Å². The van der Waals surface area contributed by atoms with Crippen molar-refractivity contribution >= 4 is 0 Å². The van der Waals surface area contributed by atoms with Crippen LogP contribution in [0, 0.1) is 0 Å². The molecule has 4 heteroatoms. The van der Waals surface area contributed by atoms with Crippen LogP contribution in [0.2, 0.25) is 0 Å². The molecule has 2 nitrogen and oxygen atoms in total. The first-order valence-corrected chi connectivity index (χ1v) is 4.35. The summed E-state index contributed by atoms with van der Waals surface area (Å²) in [6.07, 6.45) is -2.49. The van der Waals surface area contributed by atoms with Crippen LogP contribution in [0.1, 0.15) is 18.4 Å². The normalized spacial score (nSPS) is 15.5. The number of phenols is 1. The van der Waals surface area contributed by atoms with E-state index in [1.54, 1.807) is 6.92 Å². The quantitative estimate of drug-likeness (QED) is 0.786. The topological polar surface area (TPSA) is 46.2 Å². The van der Waals surface area contributed by atoms with Gasteiger partial charge in [0, 0.05) is 6.04 Å². The maximum atomic E-state index is 12.6. The Labute approximate surface area is 81.4 Å². The number of nitrogens with two attached hydrogens (primary N) is 1. The molecule has 1 aromatic rings. The Bertz CT molecular complexity index is 277. The van der Waals surface area contributed by atoms with Crippen molar-refractivity contribution in [2.24, 2.45) is 5.73 Å². The van der Waals surface area contributed by atoms with Crippen molar-refractivity contribution in [2.45, 2.75) is 25.3 Å². The SMILES string of the molecule is CC(N)C(c1ccc(O)cc1)C(F)F. The van der Waals surface area contributed by atoms with Gasteiger partial charge in [-0.05, 0) is 24.6 Å². The fraction of sp³-hybridized carbons (Fsp3) is 0.400. The zero-order chi connectivity index (χ0) is 10.7. The van der Waals surface area contributed by atoms with E-state index >= 15 is 0 Å². The van der Waals surface area contributed by atoms with Gasteiger partial charge in [0.15, 0.2) is 0 Å². The van der Waals surface area contributed by atoms with Gasteiger partial charge in [0.2, 0.25) is 6.43 Å². The van der Waals surface area contributed by atoms with E-state index in [4.69, 9.17) is 10.8 Å². The molecule has 0 spiro atoms. The summed E-state index contributed by atoms with van der Waals surface area (Å²) in [4.78, 5) is 0. The Balaban J connectivity index is 2.94. The van der Waals surface area contributed by atoms with Gasteiger partial charge in [-0.1, -0.05) is 12.1 Å². The molecule has 0 aromatic heterocycles. The van der Waals surface area contributed by atoms with Gasteiger partial charge in [-0.25, -0.2) is 8.78 Å². The molecule has 2 unspecified atom stereocenters. The third kappa shape index (κ3) is 2.42. The van der Waals surface area contributed by atoms with E-state index < -0.39 is 18.4 Å². The number of aromatic hydroxyl groups is 1. The summed E-state index contributed by atoms with van der Waals surface area (Å²) in [5.74, 6) is -0.915. The summed E-state index contributed by atoms with van der Waals surface area (Å²) in [5, 5.41) is 9.00. The number of alkyl halides is 2. The van der Waals surface area contributed by atoms with Crippen molar-refractivity contribution in [1.29, 1.82) is 0 Å². The van der Waals surface area contributed by atoms with Gasteiger partial charge in [-0.15, -0.1) is 0 Å². The highest BCUT2D eigenvalue weighted by Crippen LogP contribution is 2.27. The molecular weight excluding hydrogens is 188 g/mol. The summed E-state index contributed by atoms with van der Waals surface area (Å²) in [6.45, 7) is 1.55. The fourth-order valence-electron chi connectivity index (χ4n) is 1.38. The van der Waals surface area contributed by atoms with Crippen molar-refractivity contribution in [3.8, 4) is 5.75 Å². The highest BCUT2D eigenvalue weighted by molar-refractivity contribution is 5.29. The number of hydrogen-bond acceptors (Lipinski definition) is 2. The number of phenolic OH excluding ortho intramolecular Hbond substituents is 1. The van der Waals surface area contributed by atoms with Crippen molar-refractivity contribution in [2.75, 3.05) is 0 Å². The number of rotatable bonds is 3. The highest BCUT2D eigenvalue weighted by Gasteiger charge is 2.25. The molecular formula is C10H13F2NO. The average molecular weight is 201 g/mol. The molecule has 0 aliphatic heterocycles. The molecule has 0 aliphatic carbocycles. The standard InChI is InChI=1S/C10H13F2NO/c1-6(13)9(10(11)12)7-2-4-8(14)5-3-7/h2-6,9-10,14H,13H2,1H3. The zero-order valence-electron chi connectivity index (χ0n) is 7.82. The van der Waals surface area contributed by atoms with Gasteiger partial charge in [0.05, 0.1) is 5.92 Å². The van der Waals surface area contributed by atoms with E-state index in [1.807, 2.05) is 0 Å². The minimum Gasteiger partial charge on any atom is -0.508 e. The molecule has 0 amide bonds. The Morgan fingerprint density at radius 1 is 1.21 bits per heavy atom. The Hall–Kier alpha value is -1.16. The summed E-state index contributed by atoms with van der Waals surface area (Å²) in [5.41, 5.74) is 5.92. The van der Waals surface area contributed by atoms with Crippen molar-refractivity contribution in [3.05, 3.63) is 29.8 Å². The Morgan fingerprint density at radius 3 is 2.07 bits per heavy atom. The van der Waals surface area contributed by atoms with Crippen LogP contribution in [0.5, 0.6) is 5.75 Å². The number of benzene rings is 1. The van der Waals surface area contributed by atoms with E-state index in [0.717, 1.165) is 0 Å². The van der Waals surface area contributed by atoms with Crippen LogP contribution in [-0.2, 0) is 0 Å². The predicted molar refractivity (Wildman–Crippen MR) is 50.5 cm³/mol. The first-order chi connectivity index (χ1) is 6.52. The summed E-state index contributed by atoms with van der Waals surface area (Å²) in [6, 6.07) is 5.09. The largest absolute Gasteiger partial charge is 0.508 e. The average Bonchev–Trinajstić information content (AvgIpc) is 2.07. The van der Waals surface area contributed by atoms with Gasteiger partial charge in [0.1, 0.15) is 5.75 Å². The summed E-state index contributed by atoms with van der Waals surface area (Å²) < 4.78 is 25.2. The van der Waals surface area contributed by atoms with Crippen LogP contribution in [0.3, 0.4) is 0 Å². The van der Waals surface area contributed by atoms with E-state index in [0.29, 0.717) is 5.56 Å². The van der Waals surface area contributed by atoms with Gasteiger partial charge < -0.3 is 10.8 Å². The van der Waals surface area contributed by atoms with E-state index in [9.17, 15) is 8.78 Å². The van der Waals surface area contributed by atoms with Gasteiger partial charge >= 0.3 is 0 Å². The molecule has 1 rings (SSSR count). The second-order valence-corrected chi connectivity index (χ2v) is 3.31. The molecule has 0 heterocycles. The van der Waals surface area contributed by atoms with Gasteiger partial charge in [0.25, 0.3) is 0 Å². The van der Waals surface area contributed by atoms with Gasteiger partial charge in [-0.3, -0.25) is 0 Å². The minimum atomic E-state index is -2.49. The minimum absolute atomic E-state index is 0.0615. The second kappa shape index (κ2) is 4.37. The van der Waals surface area contributed by atoms with Crippen LogP contribution in [0.4, 0.5) is 8.78 Å². The molecule has 0 aliphatic rings. The predicted octanol–water partition coefficient (Wildman–Crippen LogP) is 2.09. The van der Waals surface area contributed by atoms with E-state index in [1.165, 1.54) is 24.3 Å². The van der Waals surface area contributed by atoms with Crippen molar-refractivity contribution in [3.63, 3.8) is 0 Å². The molecule has 78 valence electrons. The molecule has 0 fully saturated rings. The highest BCUT2D eigenvalue weighted by atomic mass is 19.3. The molecule has 0 saturated heterocycles. The fourth-order valence-corrected chi connectivity index (χ4v) is 1.38. The third-order valence-corrected chi connectivity index (χ3v) is 2.12. The van der Waals surface area contributed by atoms with Crippen LogP contribution < -0.4 is 5.73 Å². The van der Waals surface area contributed by atoms with Crippen molar-refractivity contribution < 1.29 is 13.9 Å². The molecule has 0 radical (unpaired) electrons. The smallest absolute Gasteiger partial charge is 0.246 e. The number of halogens is 2. The molecule has 2 atom stereocenters. The monoisotopic (exact) mass is 201 g/mol. The van der Waals surface area contributed by atoms with Crippen LogP contribution in [0.15, 0.2) is 24.3 Å². The number of hydrogen-bond donors (Lipinski definition) is 2. The van der Waals surface area contributed by atoms with E-state index in [2.05, 4.69) is 0 Å². The van der Waals surface area contributed by atoms with Crippen LogP contribution in [-0.4, -0.2) is 17.6 Å². The van der Waals surface area contributed by atoms with Crippen molar-refractivity contribution in [1.82, 2.24) is 0 Å². The second-order valence-electron chi connectivity index (χ2n) is 3.31. The van der Waals surface area contributed by atoms with Gasteiger partial charge in [-0.2, -0.15) is 0 Å². The lowest BCUT2D eigenvalue weighted by atomic mass is 9.93. The first-order valence-electron chi connectivity index (χ1n) is 4.35. The summed E-state index contributed by atoms with van der Waals surface area (Å²) in [7, 11) is 0. The molecule has 14 heavy (non-hydrogen) atoms. The summed E-state index contributed by atoms with van der Waals surface area (Å²) >= 11 is 0. The maximum absolute atomic E-state index is 12.6. The molecule has 0 saturated carbocycles. The third-order valence-electron chi connectivity index (χ3n) is 2.12. The lowest BCUT2D eigenvalue weighted by Crippen LogP contribution is -2.29. The first kappa shape index (κ1) is 10.9. The lowest BCUT2D eigenvalue weighted by Gasteiger charge is -2.20. The van der Waals surface area contributed by atoms with Crippen LogP contribution in [0.25, 0.3) is 0 Å². The molecule has 0 bridgehead atoms.